The molecule has 0 N–H and O–H groups in total. The molecule has 0 aliphatic carbocycles. The molecular weight excluding hydrogens is 408 g/mol. The summed E-state index contributed by atoms with van der Waals surface area (Å²) < 4.78 is 11.7. The maximum Gasteiger partial charge on any atom is 0.170 e. The summed E-state index contributed by atoms with van der Waals surface area (Å²) in [4.78, 5) is 12.0. The Hall–Kier alpha value is -3.85. The molecule has 4 aromatic carbocycles. The van der Waals surface area contributed by atoms with Gasteiger partial charge in [-0.25, -0.2) is 0 Å². The van der Waals surface area contributed by atoms with E-state index in [1.54, 1.807) is 0 Å². The van der Waals surface area contributed by atoms with Gasteiger partial charge in [0.25, 0.3) is 0 Å². The van der Waals surface area contributed by atoms with Gasteiger partial charge >= 0.3 is 0 Å². The lowest BCUT2D eigenvalue weighted by molar-refractivity contribution is 0.0850. The Morgan fingerprint density at radius 2 is 1.21 bits per heavy atom. The molecule has 3 nitrogen and oxygen atoms in total. The maximum absolute atomic E-state index is 12.0. The van der Waals surface area contributed by atoms with Crippen molar-refractivity contribution in [2.45, 2.75) is 24.9 Å². The molecular formula is C30H26O3. The van der Waals surface area contributed by atoms with Crippen molar-refractivity contribution in [3.05, 3.63) is 131 Å². The lowest BCUT2D eigenvalue weighted by Crippen LogP contribution is -2.20. The van der Waals surface area contributed by atoms with Gasteiger partial charge in [0, 0.05) is 5.92 Å². The molecule has 0 amide bonds. The number of benzene rings is 4. The highest BCUT2D eigenvalue weighted by atomic mass is 16.5. The van der Waals surface area contributed by atoms with E-state index in [0.717, 1.165) is 24.3 Å². The number of carbonyl (C=O) groups excluding carboxylic acids is 1. The summed E-state index contributed by atoms with van der Waals surface area (Å²) in [5, 5.41) is 0. The molecule has 2 aliphatic heterocycles. The molecule has 0 bridgehead atoms. The van der Waals surface area contributed by atoms with E-state index in [0.29, 0.717) is 23.7 Å². The Bertz CT molecular complexity index is 1220. The van der Waals surface area contributed by atoms with Gasteiger partial charge in [0.2, 0.25) is 0 Å². The molecule has 0 aromatic heterocycles. The number of para-hydroxylation sites is 2. The normalized spacial score (nSPS) is 18.5. The minimum absolute atomic E-state index is 0.153. The SMILES string of the molecule is O=C1CC(c2ccccc2)Oc2ccccc21.c1ccc(C2COc3ccccc3C2)cc1. The zero-order chi connectivity index (χ0) is 22.5. The first-order valence-corrected chi connectivity index (χ1v) is 11.4. The zero-order valence-corrected chi connectivity index (χ0v) is 18.4. The average molecular weight is 435 g/mol. The second-order valence-electron chi connectivity index (χ2n) is 8.37. The molecule has 0 fully saturated rings. The van der Waals surface area contributed by atoms with E-state index in [1.165, 1.54) is 11.1 Å². The maximum atomic E-state index is 12.0. The molecule has 0 spiro atoms. The smallest absolute Gasteiger partial charge is 0.170 e. The summed E-state index contributed by atoms with van der Waals surface area (Å²) in [5.74, 6) is 2.39. The molecule has 2 unspecified atom stereocenters. The molecule has 2 heterocycles. The number of Topliss-reactive ketones (excluding diaryl/α,β-unsaturated/α-hetero) is 1. The third-order valence-electron chi connectivity index (χ3n) is 6.15. The van der Waals surface area contributed by atoms with Crippen LogP contribution in [0.25, 0.3) is 0 Å². The van der Waals surface area contributed by atoms with Gasteiger partial charge in [0.05, 0.1) is 18.6 Å². The molecule has 33 heavy (non-hydrogen) atoms. The molecule has 0 radical (unpaired) electrons. The summed E-state index contributed by atoms with van der Waals surface area (Å²) in [6, 6.07) is 36.2. The first kappa shape index (κ1) is 21.0. The van der Waals surface area contributed by atoms with Crippen molar-refractivity contribution in [3.8, 4) is 11.5 Å². The van der Waals surface area contributed by atoms with Gasteiger partial charge in [-0.2, -0.15) is 0 Å². The van der Waals surface area contributed by atoms with Crippen LogP contribution in [0.5, 0.6) is 11.5 Å². The summed E-state index contributed by atoms with van der Waals surface area (Å²) in [7, 11) is 0. The molecule has 0 saturated heterocycles. The van der Waals surface area contributed by atoms with Gasteiger partial charge < -0.3 is 9.47 Å². The van der Waals surface area contributed by atoms with E-state index in [1.807, 2.05) is 60.7 Å². The second kappa shape index (κ2) is 9.74. The van der Waals surface area contributed by atoms with Crippen LogP contribution in [0, 0.1) is 0 Å². The van der Waals surface area contributed by atoms with Crippen molar-refractivity contribution in [3.63, 3.8) is 0 Å². The van der Waals surface area contributed by atoms with Gasteiger partial charge in [-0.1, -0.05) is 91.0 Å². The number of hydrogen-bond donors (Lipinski definition) is 0. The fourth-order valence-electron chi connectivity index (χ4n) is 4.39. The van der Waals surface area contributed by atoms with Crippen LogP contribution in [0.1, 0.15) is 45.5 Å². The highest BCUT2D eigenvalue weighted by molar-refractivity contribution is 5.99. The quantitative estimate of drug-likeness (QED) is 0.348. The van der Waals surface area contributed by atoms with Crippen LogP contribution in [0.2, 0.25) is 0 Å². The monoisotopic (exact) mass is 434 g/mol. The van der Waals surface area contributed by atoms with Crippen LogP contribution in [-0.4, -0.2) is 12.4 Å². The van der Waals surface area contributed by atoms with E-state index in [9.17, 15) is 4.79 Å². The van der Waals surface area contributed by atoms with Crippen LogP contribution in [0.15, 0.2) is 109 Å². The third kappa shape index (κ3) is 4.83. The van der Waals surface area contributed by atoms with E-state index < -0.39 is 0 Å². The number of hydrogen-bond acceptors (Lipinski definition) is 3. The summed E-state index contributed by atoms with van der Waals surface area (Å²) >= 11 is 0. The number of ketones is 1. The van der Waals surface area contributed by atoms with Gasteiger partial charge in [-0.05, 0) is 41.3 Å². The Kier molecular flexibility index (Phi) is 6.21. The summed E-state index contributed by atoms with van der Waals surface area (Å²) in [6.45, 7) is 0.793. The van der Waals surface area contributed by atoms with Crippen LogP contribution < -0.4 is 9.47 Å². The molecule has 2 aliphatic rings. The summed E-state index contributed by atoms with van der Waals surface area (Å²) in [5.41, 5.74) is 4.44. The molecule has 6 rings (SSSR count). The van der Waals surface area contributed by atoms with Crippen LogP contribution >= 0.6 is 0 Å². The van der Waals surface area contributed by atoms with Gasteiger partial charge in [-0.15, -0.1) is 0 Å². The molecule has 0 saturated carbocycles. The lowest BCUT2D eigenvalue weighted by Gasteiger charge is -2.25. The van der Waals surface area contributed by atoms with Crippen molar-refractivity contribution in [2.24, 2.45) is 0 Å². The number of carbonyl (C=O) groups is 1. The third-order valence-corrected chi connectivity index (χ3v) is 6.15. The minimum atomic E-state index is -0.154. The Morgan fingerprint density at radius 3 is 1.97 bits per heavy atom. The predicted molar refractivity (Wildman–Crippen MR) is 130 cm³/mol. The van der Waals surface area contributed by atoms with E-state index >= 15 is 0 Å². The number of fused-ring (bicyclic) bond motifs is 2. The number of ether oxygens (including phenoxy) is 2. The first-order chi connectivity index (χ1) is 16.3. The fourth-order valence-corrected chi connectivity index (χ4v) is 4.39. The van der Waals surface area contributed by atoms with Crippen LogP contribution in [0.4, 0.5) is 0 Å². The second-order valence-corrected chi connectivity index (χ2v) is 8.37. The molecule has 2 atom stereocenters. The highest BCUT2D eigenvalue weighted by Gasteiger charge is 2.26. The van der Waals surface area contributed by atoms with Crippen molar-refractivity contribution in [2.75, 3.05) is 6.61 Å². The topological polar surface area (TPSA) is 35.5 Å². The van der Waals surface area contributed by atoms with Gasteiger partial charge in [0.15, 0.2) is 5.78 Å². The van der Waals surface area contributed by atoms with Crippen LogP contribution in [-0.2, 0) is 6.42 Å². The van der Waals surface area contributed by atoms with E-state index in [-0.39, 0.29) is 11.9 Å². The zero-order valence-electron chi connectivity index (χ0n) is 18.4. The molecule has 4 aromatic rings. The average Bonchev–Trinajstić information content (AvgIpc) is 2.90. The Morgan fingerprint density at radius 1 is 0.606 bits per heavy atom. The van der Waals surface area contributed by atoms with Crippen LogP contribution in [0.3, 0.4) is 0 Å². The highest BCUT2D eigenvalue weighted by Crippen LogP contribution is 2.34. The lowest BCUT2D eigenvalue weighted by atomic mass is 9.90. The van der Waals surface area contributed by atoms with E-state index in [4.69, 9.17) is 9.47 Å². The Labute approximate surface area is 194 Å². The minimum Gasteiger partial charge on any atom is -0.493 e. The predicted octanol–water partition coefficient (Wildman–Crippen LogP) is 6.80. The number of rotatable bonds is 2. The van der Waals surface area contributed by atoms with Gasteiger partial charge in [-0.3, -0.25) is 4.79 Å². The van der Waals surface area contributed by atoms with Crippen molar-refractivity contribution >= 4 is 5.78 Å². The summed E-state index contributed by atoms with van der Waals surface area (Å²) in [6.07, 6.45) is 1.35. The van der Waals surface area contributed by atoms with Gasteiger partial charge in [0.1, 0.15) is 17.6 Å². The molecule has 164 valence electrons. The molecule has 3 heteroatoms. The largest absolute Gasteiger partial charge is 0.493 e. The van der Waals surface area contributed by atoms with Crippen molar-refractivity contribution in [1.29, 1.82) is 0 Å². The first-order valence-electron chi connectivity index (χ1n) is 11.4. The fraction of sp³-hybridized carbons (Fsp3) is 0.167. The van der Waals surface area contributed by atoms with Crippen molar-refractivity contribution < 1.29 is 14.3 Å². The Balaban J connectivity index is 0.000000139. The van der Waals surface area contributed by atoms with Crippen molar-refractivity contribution in [1.82, 2.24) is 0 Å². The standard InChI is InChI=1S/C15H12O2.C15H14O/c16-13-10-15(11-6-2-1-3-7-11)17-14-9-5-4-8-12(13)14;1-2-6-12(7-3-1)14-10-13-8-4-5-9-15(13)16-11-14/h1-9,15H,10H2;1-9,14H,10-11H2. The van der Waals surface area contributed by atoms with E-state index in [2.05, 4.69) is 48.5 Å².